The fraction of sp³-hybridized carbons (Fsp3) is 0.636. The number of amides is 1. The number of benzene rings is 1. The van der Waals surface area contributed by atoms with E-state index in [2.05, 4.69) is 31.5 Å². The number of carbonyl (C=O) groups excluding carboxylic acids is 2. The number of quaternary nitrogens is 1. The van der Waals surface area contributed by atoms with Crippen molar-refractivity contribution in [1.82, 2.24) is 15.1 Å². The lowest BCUT2D eigenvalue weighted by Crippen LogP contribution is -2.62. The number of rotatable bonds is 7. The highest BCUT2D eigenvalue weighted by Crippen LogP contribution is 2.55. The second-order valence-corrected chi connectivity index (χ2v) is 8.79. The molecule has 2 N–H and O–H groups in total. The van der Waals surface area contributed by atoms with Crippen LogP contribution in [0.15, 0.2) is 18.2 Å². The quantitative estimate of drug-likeness (QED) is 0.538. The van der Waals surface area contributed by atoms with Crippen LogP contribution >= 0.6 is 0 Å². The number of halogens is 2. The number of nitrogens with zero attached hydrogens (tertiary/aromatic N) is 1. The highest BCUT2D eigenvalue weighted by Gasteiger charge is 2.55. The second kappa shape index (κ2) is 8.11. The first-order valence-corrected chi connectivity index (χ1v) is 10.4. The molecule has 1 aromatic rings. The third-order valence-electron chi connectivity index (χ3n) is 6.99. The lowest BCUT2D eigenvalue weighted by molar-refractivity contribution is -0.121. The number of hydrogen-bond acceptors (Lipinski definition) is 3. The summed E-state index contributed by atoms with van der Waals surface area (Å²) in [5, 5.41) is 5.38. The van der Waals surface area contributed by atoms with Crippen molar-refractivity contribution >= 4 is 17.9 Å². The third-order valence-corrected chi connectivity index (χ3v) is 6.99. The Hall–Kier alpha value is -1.86. The Bertz CT molecular complexity index is 783. The number of alkyl halides is 2. The number of fused-ring (bicyclic) bond motifs is 1. The van der Waals surface area contributed by atoms with Gasteiger partial charge >= 0.3 is 0 Å². The van der Waals surface area contributed by atoms with Crippen molar-refractivity contribution in [2.24, 2.45) is 5.92 Å². The lowest BCUT2D eigenvalue weighted by Gasteiger charge is -2.55. The molecule has 2 aliphatic rings. The summed E-state index contributed by atoms with van der Waals surface area (Å²) in [4.78, 5) is 23.6. The van der Waals surface area contributed by atoms with Crippen molar-refractivity contribution in [3.8, 4) is 0 Å². The molecule has 0 bridgehead atoms. The first kappa shape index (κ1) is 21.8. The molecule has 4 unspecified atom stereocenters. The molecule has 0 radical (unpaired) electrons. The van der Waals surface area contributed by atoms with Crippen molar-refractivity contribution in [3.05, 3.63) is 29.3 Å². The lowest BCUT2D eigenvalue weighted by atomic mass is 9.76. The molecule has 1 amide bonds. The van der Waals surface area contributed by atoms with E-state index >= 15 is 0 Å². The van der Waals surface area contributed by atoms with Gasteiger partial charge in [0.25, 0.3) is 5.92 Å². The molecule has 2 heterocycles. The Morgan fingerprint density at radius 1 is 1.41 bits per heavy atom. The largest absolute Gasteiger partial charge is 0.359 e. The zero-order valence-corrected chi connectivity index (χ0v) is 17.7. The van der Waals surface area contributed by atoms with Crippen LogP contribution in [-0.2, 0) is 9.59 Å². The predicted molar refractivity (Wildman–Crippen MR) is 110 cm³/mol. The molecule has 0 aromatic heterocycles. The fourth-order valence-corrected chi connectivity index (χ4v) is 5.01. The number of hydrogen-bond donors (Lipinski definition) is 2. The predicted octanol–water partition coefficient (Wildman–Crippen LogP) is 3.14. The Morgan fingerprint density at radius 3 is 2.72 bits per heavy atom. The van der Waals surface area contributed by atoms with E-state index in [9.17, 15) is 18.4 Å². The van der Waals surface area contributed by atoms with Gasteiger partial charge in [-0.15, -0.1) is 0 Å². The molecule has 1 saturated heterocycles. The molecule has 5 nitrogen and oxygen atoms in total. The molecule has 0 aliphatic carbocycles. The maximum Gasteiger partial charge on any atom is 0.267 e. The zero-order valence-electron chi connectivity index (χ0n) is 17.7. The highest BCUT2D eigenvalue weighted by molar-refractivity contribution is 5.76. The summed E-state index contributed by atoms with van der Waals surface area (Å²) in [7, 11) is 3.65. The van der Waals surface area contributed by atoms with Crippen molar-refractivity contribution in [3.63, 3.8) is 0 Å². The summed E-state index contributed by atoms with van der Waals surface area (Å²) < 4.78 is 29.5. The van der Waals surface area contributed by atoms with Gasteiger partial charge in [0.05, 0.1) is 37.0 Å². The summed E-state index contributed by atoms with van der Waals surface area (Å²) >= 11 is 0. The van der Waals surface area contributed by atoms with Crippen molar-refractivity contribution in [2.45, 2.75) is 57.0 Å². The molecule has 0 spiro atoms. The van der Waals surface area contributed by atoms with E-state index in [-0.39, 0.29) is 30.5 Å². The van der Waals surface area contributed by atoms with Gasteiger partial charge in [-0.2, -0.15) is 0 Å². The van der Waals surface area contributed by atoms with Crippen LogP contribution in [0, 0.1) is 5.92 Å². The van der Waals surface area contributed by atoms with E-state index in [1.54, 1.807) is 13.1 Å². The summed E-state index contributed by atoms with van der Waals surface area (Å²) in [5.74, 6) is -3.93. The highest BCUT2D eigenvalue weighted by atomic mass is 19.3. The topological polar surface area (TPSA) is 58.2 Å². The molecule has 2 aliphatic heterocycles. The maximum absolute atomic E-state index is 14.5. The Kier molecular flexibility index (Phi) is 6.11. The Labute approximate surface area is 171 Å². The molecule has 0 saturated carbocycles. The van der Waals surface area contributed by atoms with Crippen molar-refractivity contribution in [1.29, 1.82) is 0 Å². The minimum atomic E-state index is -2.77. The van der Waals surface area contributed by atoms with E-state index < -0.39 is 11.8 Å². The summed E-state index contributed by atoms with van der Waals surface area (Å²) in [6.45, 7) is 4.47. The van der Waals surface area contributed by atoms with Crippen LogP contribution in [0.1, 0.15) is 56.2 Å². The van der Waals surface area contributed by atoms with Gasteiger partial charge in [-0.05, 0) is 44.9 Å². The third kappa shape index (κ3) is 3.70. The van der Waals surface area contributed by atoms with Gasteiger partial charge in [0.2, 0.25) is 5.91 Å². The van der Waals surface area contributed by atoms with E-state index in [4.69, 9.17) is 0 Å². The van der Waals surface area contributed by atoms with Gasteiger partial charge in [0, 0.05) is 19.5 Å². The summed E-state index contributed by atoms with van der Waals surface area (Å²) in [6.07, 6.45) is 2.12. The normalized spacial score (nSPS) is 28.9. The van der Waals surface area contributed by atoms with Gasteiger partial charge < -0.3 is 15.4 Å². The number of piperidine rings is 1. The molecule has 4 atom stereocenters. The minimum Gasteiger partial charge on any atom is -0.359 e. The maximum atomic E-state index is 14.5. The zero-order chi connectivity index (χ0) is 21.4. The van der Waals surface area contributed by atoms with Gasteiger partial charge in [-0.25, -0.2) is 8.78 Å². The Balaban J connectivity index is 1.94. The SMILES string of the molecule is CNC(=O)CCC(C=O)C1c2ccc(C3CCNCC3(F)F)cc2[N+]1(C)C(C)C. The van der Waals surface area contributed by atoms with Gasteiger partial charge in [0.15, 0.2) is 0 Å². The molecular weight excluding hydrogens is 376 g/mol. The minimum absolute atomic E-state index is 0.0604. The van der Waals surface area contributed by atoms with Crippen molar-refractivity contribution in [2.75, 3.05) is 27.2 Å². The molecule has 29 heavy (non-hydrogen) atoms. The first-order valence-electron chi connectivity index (χ1n) is 10.4. The van der Waals surface area contributed by atoms with Gasteiger partial charge in [0.1, 0.15) is 18.0 Å². The Morgan fingerprint density at radius 2 is 2.14 bits per heavy atom. The fourth-order valence-electron chi connectivity index (χ4n) is 5.01. The van der Waals surface area contributed by atoms with E-state index in [1.807, 2.05) is 12.1 Å². The summed E-state index contributed by atoms with van der Waals surface area (Å²) in [5.41, 5.74) is 2.73. The van der Waals surface area contributed by atoms with Crippen LogP contribution in [0.25, 0.3) is 0 Å². The molecule has 160 valence electrons. The molecular formula is C22H32F2N3O2+. The average Bonchev–Trinajstić information content (AvgIpc) is 2.69. The number of carbonyl (C=O) groups is 2. The monoisotopic (exact) mass is 408 g/mol. The van der Waals surface area contributed by atoms with Gasteiger partial charge in [-0.3, -0.25) is 9.28 Å². The number of nitrogens with one attached hydrogen (secondary N) is 2. The molecule has 3 rings (SSSR count). The van der Waals surface area contributed by atoms with E-state index in [1.165, 1.54) is 0 Å². The van der Waals surface area contributed by atoms with Crippen LogP contribution < -0.4 is 15.1 Å². The summed E-state index contributed by atoms with van der Waals surface area (Å²) in [6, 6.07) is 5.77. The molecule has 1 fully saturated rings. The van der Waals surface area contributed by atoms with E-state index in [0.717, 1.165) is 17.5 Å². The van der Waals surface area contributed by atoms with Crippen LogP contribution in [0.5, 0.6) is 0 Å². The van der Waals surface area contributed by atoms with Gasteiger partial charge in [-0.1, -0.05) is 6.07 Å². The van der Waals surface area contributed by atoms with Crippen LogP contribution in [-0.4, -0.2) is 51.3 Å². The van der Waals surface area contributed by atoms with Crippen molar-refractivity contribution < 1.29 is 18.4 Å². The van der Waals surface area contributed by atoms with Crippen LogP contribution in [0.3, 0.4) is 0 Å². The molecule has 7 heteroatoms. The van der Waals surface area contributed by atoms with Crippen LogP contribution in [0.4, 0.5) is 14.5 Å². The standard InChI is InChI=1S/C22H31F2N3O2/c1-14(2)27(4)19-11-15(18-9-10-26-13-22(18,23)24)5-7-17(19)21(27)16(12-28)6-8-20(29)25-3/h5,7,11-12,14,16,18,21,26H,6,8-10,13H2,1-4H3/p+1. The smallest absolute Gasteiger partial charge is 0.267 e. The van der Waals surface area contributed by atoms with E-state index in [0.29, 0.717) is 35.9 Å². The molecule has 1 aromatic carbocycles. The second-order valence-electron chi connectivity index (χ2n) is 8.79. The first-order chi connectivity index (χ1) is 13.7. The number of aldehydes is 1. The average molecular weight is 409 g/mol. The van der Waals surface area contributed by atoms with Crippen LogP contribution in [0.2, 0.25) is 0 Å².